The van der Waals surface area contributed by atoms with Gasteiger partial charge in [-0.05, 0) is 24.3 Å². The monoisotopic (exact) mass is 404 g/mol. The molecule has 3 heterocycles. The van der Waals surface area contributed by atoms with E-state index in [1.54, 1.807) is 30.2 Å². The van der Waals surface area contributed by atoms with Gasteiger partial charge in [-0.15, -0.1) is 0 Å². The molecule has 0 N–H and O–H groups in total. The number of piperazine rings is 1. The molecule has 0 aliphatic carbocycles. The smallest absolute Gasteiger partial charge is 0.289 e. The van der Waals surface area contributed by atoms with Crippen molar-refractivity contribution in [2.24, 2.45) is 0 Å². The fourth-order valence-corrected chi connectivity index (χ4v) is 3.32. The maximum absolute atomic E-state index is 12.4. The van der Waals surface area contributed by atoms with Gasteiger partial charge in [-0.3, -0.25) is 4.79 Å². The fourth-order valence-electron chi connectivity index (χ4n) is 3.32. The highest BCUT2D eigenvalue weighted by Gasteiger charge is 2.27. The number of rotatable bonds is 5. The Balaban J connectivity index is 1.47. The molecule has 3 aromatic rings. The second-order valence-corrected chi connectivity index (χ2v) is 6.65. The highest BCUT2D eigenvalue weighted by molar-refractivity contribution is 5.91. The van der Waals surface area contributed by atoms with Crippen molar-refractivity contribution in [2.75, 3.05) is 38.2 Å². The summed E-state index contributed by atoms with van der Waals surface area (Å²) in [6, 6.07) is 13.0. The van der Waals surface area contributed by atoms with Gasteiger partial charge in [-0.1, -0.05) is 18.2 Å². The molecule has 0 radical (unpaired) electrons. The molecule has 1 aliphatic heterocycles. The van der Waals surface area contributed by atoms with Crippen LogP contribution in [-0.4, -0.2) is 49.1 Å². The molecule has 1 saturated heterocycles. The minimum Gasteiger partial charge on any atom is -0.496 e. The summed E-state index contributed by atoms with van der Waals surface area (Å²) in [6.45, 7) is 2.06. The fraction of sp³-hybridized carbons (Fsp3) is 0.227. The Morgan fingerprint density at radius 1 is 1.17 bits per heavy atom. The van der Waals surface area contributed by atoms with Crippen LogP contribution in [0, 0.1) is 11.3 Å². The van der Waals surface area contributed by atoms with Gasteiger partial charge in [0.15, 0.2) is 5.76 Å². The number of amides is 1. The third kappa shape index (κ3) is 3.91. The first kappa shape index (κ1) is 19.3. The topological polar surface area (TPSA) is 95.7 Å². The Kier molecular flexibility index (Phi) is 5.52. The number of benzene rings is 1. The average molecular weight is 404 g/mol. The van der Waals surface area contributed by atoms with Gasteiger partial charge in [-0.2, -0.15) is 10.2 Å². The lowest BCUT2D eigenvalue weighted by molar-refractivity contribution is 0.0713. The van der Waals surface area contributed by atoms with Gasteiger partial charge >= 0.3 is 0 Å². The Morgan fingerprint density at radius 3 is 2.67 bits per heavy atom. The van der Waals surface area contributed by atoms with Gasteiger partial charge in [0.1, 0.15) is 11.8 Å². The zero-order chi connectivity index (χ0) is 20.9. The molecule has 1 aliphatic rings. The van der Waals surface area contributed by atoms with Crippen LogP contribution in [0.15, 0.2) is 51.5 Å². The SMILES string of the molecule is COc1ccccc1C=Cc1nc(C#N)c(N2CCN(C(=O)c3ccco3)CC2)o1. The van der Waals surface area contributed by atoms with Gasteiger partial charge in [0.25, 0.3) is 5.91 Å². The van der Waals surface area contributed by atoms with Gasteiger partial charge < -0.3 is 23.4 Å². The minimum atomic E-state index is -0.141. The molecule has 0 spiro atoms. The zero-order valence-corrected chi connectivity index (χ0v) is 16.4. The van der Waals surface area contributed by atoms with E-state index in [1.807, 2.05) is 35.2 Å². The van der Waals surface area contributed by atoms with Gasteiger partial charge in [0.2, 0.25) is 17.5 Å². The van der Waals surface area contributed by atoms with Crippen molar-refractivity contribution in [2.45, 2.75) is 0 Å². The van der Waals surface area contributed by atoms with Crippen molar-refractivity contribution in [1.29, 1.82) is 5.26 Å². The standard InChI is InChI=1S/C22H20N4O4/c1-28-18-6-3-2-5-16(18)8-9-20-24-17(15-23)22(30-20)26-12-10-25(11-13-26)21(27)19-7-4-14-29-19/h2-9,14H,10-13H2,1H3. The van der Waals surface area contributed by atoms with E-state index in [2.05, 4.69) is 11.1 Å². The van der Waals surface area contributed by atoms with Crippen molar-refractivity contribution in [3.05, 3.63) is 65.6 Å². The second kappa shape index (κ2) is 8.57. The summed E-state index contributed by atoms with van der Waals surface area (Å²) in [7, 11) is 1.61. The molecule has 1 amide bonds. The number of aromatic nitrogens is 1. The van der Waals surface area contributed by atoms with E-state index in [1.165, 1.54) is 6.26 Å². The molecule has 0 unspecified atom stereocenters. The molecule has 8 nitrogen and oxygen atoms in total. The predicted octanol–water partition coefficient (Wildman–Crippen LogP) is 3.28. The molecule has 30 heavy (non-hydrogen) atoms. The predicted molar refractivity (Wildman–Crippen MR) is 110 cm³/mol. The number of nitrogens with zero attached hydrogens (tertiary/aromatic N) is 4. The lowest BCUT2D eigenvalue weighted by Crippen LogP contribution is -2.48. The number of carbonyl (C=O) groups excluding carboxylic acids is 1. The molecule has 1 aromatic carbocycles. The summed E-state index contributed by atoms with van der Waals surface area (Å²) in [5.41, 5.74) is 1.10. The highest BCUT2D eigenvalue weighted by atomic mass is 16.5. The first-order valence-corrected chi connectivity index (χ1v) is 9.49. The van der Waals surface area contributed by atoms with Crippen LogP contribution in [0.3, 0.4) is 0 Å². The number of carbonyl (C=O) groups is 1. The van der Waals surface area contributed by atoms with Crippen molar-refractivity contribution < 1.29 is 18.4 Å². The maximum Gasteiger partial charge on any atom is 0.289 e. The highest BCUT2D eigenvalue weighted by Crippen LogP contribution is 2.26. The van der Waals surface area contributed by atoms with E-state index in [4.69, 9.17) is 13.6 Å². The average Bonchev–Trinajstić information content (AvgIpc) is 3.47. The van der Waals surface area contributed by atoms with Crippen LogP contribution >= 0.6 is 0 Å². The van der Waals surface area contributed by atoms with Gasteiger partial charge in [0, 0.05) is 37.8 Å². The Bertz CT molecular complexity index is 1090. The van der Waals surface area contributed by atoms with Gasteiger partial charge in [-0.25, -0.2) is 0 Å². The van der Waals surface area contributed by atoms with Crippen LogP contribution in [0.1, 0.15) is 27.7 Å². The summed E-state index contributed by atoms with van der Waals surface area (Å²) >= 11 is 0. The molecule has 0 saturated carbocycles. The van der Waals surface area contributed by atoms with E-state index in [-0.39, 0.29) is 11.6 Å². The molecular weight excluding hydrogens is 384 g/mol. The lowest BCUT2D eigenvalue weighted by atomic mass is 10.2. The number of hydrogen-bond donors (Lipinski definition) is 0. The third-order valence-electron chi connectivity index (χ3n) is 4.86. The molecule has 152 valence electrons. The van der Waals surface area contributed by atoms with Crippen LogP contribution in [0.4, 0.5) is 5.88 Å². The Hall–Kier alpha value is -3.99. The quantitative estimate of drug-likeness (QED) is 0.644. The summed E-state index contributed by atoms with van der Waals surface area (Å²) in [6.07, 6.45) is 5.02. The summed E-state index contributed by atoms with van der Waals surface area (Å²) in [4.78, 5) is 20.3. The van der Waals surface area contributed by atoms with Crippen molar-refractivity contribution >= 4 is 23.9 Å². The van der Waals surface area contributed by atoms with Crippen LogP contribution in [0.25, 0.3) is 12.2 Å². The Morgan fingerprint density at radius 2 is 1.97 bits per heavy atom. The number of methoxy groups -OCH3 is 1. The second-order valence-electron chi connectivity index (χ2n) is 6.65. The normalized spacial score (nSPS) is 14.1. The van der Waals surface area contributed by atoms with Crippen LogP contribution < -0.4 is 9.64 Å². The van der Waals surface area contributed by atoms with Crippen LogP contribution in [0.5, 0.6) is 5.75 Å². The number of hydrogen-bond acceptors (Lipinski definition) is 7. The molecule has 8 heteroatoms. The number of para-hydroxylation sites is 1. The first-order valence-electron chi connectivity index (χ1n) is 9.49. The molecule has 2 aromatic heterocycles. The lowest BCUT2D eigenvalue weighted by Gasteiger charge is -2.34. The zero-order valence-electron chi connectivity index (χ0n) is 16.4. The minimum absolute atomic E-state index is 0.141. The van der Waals surface area contributed by atoms with E-state index in [9.17, 15) is 10.1 Å². The first-order chi connectivity index (χ1) is 14.7. The molecule has 0 bridgehead atoms. The van der Waals surface area contributed by atoms with Crippen molar-refractivity contribution in [3.63, 3.8) is 0 Å². The number of oxazole rings is 1. The summed E-state index contributed by atoms with van der Waals surface area (Å²) < 4.78 is 16.4. The van der Waals surface area contributed by atoms with Gasteiger partial charge in [0.05, 0.1) is 13.4 Å². The van der Waals surface area contributed by atoms with E-state index >= 15 is 0 Å². The molecule has 1 fully saturated rings. The molecular formula is C22H20N4O4. The number of ether oxygens (including phenoxy) is 1. The van der Waals surface area contributed by atoms with Crippen molar-refractivity contribution in [1.82, 2.24) is 9.88 Å². The maximum atomic E-state index is 12.4. The number of furan rings is 1. The largest absolute Gasteiger partial charge is 0.496 e. The van der Waals surface area contributed by atoms with Crippen LogP contribution in [0.2, 0.25) is 0 Å². The van der Waals surface area contributed by atoms with Crippen LogP contribution in [-0.2, 0) is 0 Å². The van der Waals surface area contributed by atoms with Crippen molar-refractivity contribution in [3.8, 4) is 11.8 Å². The molecule has 0 atom stereocenters. The number of nitriles is 1. The van der Waals surface area contributed by atoms with E-state index in [0.29, 0.717) is 43.7 Å². The summed E-state index contributed by atoms with van der Waals surface area (Å²) in [5.74, 6) is 1.67. The molecule has 4 rings (SSSR count). The third-order valence-corrected chi connectivity index (χ3v) is 4.86. The van der Waals surface area contributed by atoms with E-state index in [0.717, 1.165) is 11.3 Å². The van der Waals surface area contributed by atoms with E-state index < -0.39 is 0 Å². The Labute approximate surface area is 173 Å². The summed E-state index contributed by atoms with van der Waals surface area (Å²) in [5, 5.41) is 9.47. The number of anilines is 1.